The molecule has 2 aliphatic carbocycles. The van der Waals surface area contributed by atoms with Gasteiger partial charge >= 0.3 is 5.97 Å². The van der Waals surface area contributed by atoms with Crippen molar-refractivity contribution >= 4 is 5.97 Å². The number of aliphatic carboxylic acids is 1. The number of carbonyl (C=O) groups is 1. The quantitative estimate of drug-likeness (QED) is 0.626. The lowest BCUT2D eigenvalue weighted by atomic mass is 9.61. The summed E-state index contributed by atoms with van der Waals surface area (Å²) < 4.78 is 0. The Bertz CT molecular complexity index is 210. The first-order valence-corrected chi connectivity index (χ1v) is 4.18. The Balaban J connectivity index is 1.98. The van der Waals surface area contributed by atoms with Crippen LogP contribution in [-0.4, -0.2) is 11.1 Å². The van der Waals surface area contributed by atoms with Gasteiger partial charge in [0.1, 0.15) is 0 Å². The summed E-state index contributed by atoms with van der Waals surface area (Å²) in [5, 5.41) is 8.72. The third kappa shape index (κ3) is 0.883. The van der Waals surface area contributed by atoms with Gasteiger partial charge in [-0.25, -0.2) is 0 Å². The monoisotopic (exact) mass is 154 g/mol. The van der Waals surface area contributed by atoms with E-state index in [0.29, 0.717) is 5.41 Å². The lowest BCUT2D eigenvalue weighted by Gasteiger charge is -2.44. The zero-order valence-electron chi connectivity index (χ0n) is 7.05. The van der Waals surface area contributed by atoms with Crippen molar-refractivity contribution in [3.8, 4) is 0 Å². The van der Waals surface area contributed by atoms with E-state index in [2.05, 4.69) is 13.8 Å². The number of hydrogen-bond acceptors (Lipinski definition) is 1. The molecule has 0 saturated heterocycles. The maximum Gasteiger partial charge on any atom is 0.307 e. The molecule has 2 saturated carbocycles. The molecule has 1 atom stereocenters. The molecule has 0 radical (unpaired) electrons. The highest BCUT2D eigenvalue weighted by Gasteiger charge is 2.66. The zero-order chi connectivity index (χ0) is 8.28. The molecule has 2 heteroatoms. The van der Waals surface area contributed by atoms with E-state index in [1.54, 1.807) is 0 Å². The molecule has 0 heterocycles. The minimum atomic E-state index is -0.583. The SMILES string of the molecule is CC1(C)CC2(CC2C(=O)O)C1. The molecule has 0 bridgehead atoms. The van der Waals surface area contributed by atoms with Crippen molar-refractivity contribution in [3.63, 3.8) is 0 Å². The van der Waals surface area contributed by atoms with Crippen LogP contribution in [0.2, 0.25) is 0 Å². The van der Waals surface area contributed by atoms with Crippen LogP contribution in [0.4, 0.5) is 0 Å². The first-order chi connectivity index (χ1) is 4.95. The summed E-state index contributed by atoms with van der Waals surface area (Å²) in [5.74, 6) is -0.587. The second kappa shape index (κ2) is 1.62. The van der Waals surface area contributed by atoms with Crippen molar-refractivity contribution in [1.29, 1.82) is 0 Å². The Hall–Kier alpha value is -0.530. The normalized spacial score (nSPS) is 36.4. The molecule has 0 aliphatic heterocycles. The summed E-state index contributed by atoms with van der Waals surface area (Å²) in [4.78, 5) is 10.6. The number of hydrogen-bond donors (Lipinski definition) is 1. The van der Waals surface area contributed by atoms with Gasteiger partial charge in [0.2, 0.25) is 0 Å². The lowest BCUT2D eigenvalue weighted by molar-refractivity contribution is -0.140. The smallest absolute Gasteiger partial charge is 0.307 e. The molecule has 2 nitrogen and oxygen atoms in total. The van der Waals surface area contributed by atoms with Gasteiger partial charge in [0, 0.05) is 0 Å². The molecule has 1 unspecified atom stereocenters. The molecule has 2 rings (SSSR count). The summed E-state index contributed by atoms with van der Waals surface area (Å²) in [6.45, 7) is 4.44. The Morgan fingerprint density at radius 2 is 2.00 bits per heavy atom. The van der Waals surface area contributed by atoms with E-state index in [-0.39, 0.29) is 11.3 Å². The average Bonchev–Trinajstić information content (AvgIpc) is 2.38. The molecule has 1 N–H and O–H groups in total. The highest BCUT2D eigenvalue weighted by atomic mass is 16.4. The Kier molecular flexibility index (Phi) is 1.05. The van der Waals surface area contributed by atoms with Crippen LogP contribution in [0.25, 0.3) is 0 Å². The van der Waals surface area contributed by atoms with Crippen LogP contribution in [0.15, 0.2) is 0 Å². The Labute approximate surface area is 66.6 Å². The van der Waals surface area contributed by atoms with E-state index >= 15 is 0 Å². The van der Waals surface area contributed by atoms with Crippen LogP contribution in [0.1, 0.15) is 33.1 Å². The molecule has 0 aromatic rings. The van der Waals surface area contributed by atoms with Gasteiger partial charge in [0.25, 0.3) is 0 Å². The molecule has 2 fully saturated rings. The standard InChI is InChI=1S/C9H14O2/c1-8(2)4-9(5-8)3-6(9)7(10)11/h6H,3-5H2,1-2H3,(H,10,11). The van der Waals surface area contributed by atoms with Crippen molar-refractivity contribution in [2.75, 3.05) is 0 Å². The highest BCUT2D eigenvalue weighted by Crippen LogP contribution is 2.71. The molecule has 62 valence electrons. The number of rotatable bonds is 1. The average molecular weight is 154 g/mol. The van der Waals surface area contributed by atoms with Gasteiger partial charge in [-0.05, 0) is 30.1 Å². The van der Waals surface area contributed by atoms with Crippen LogP contribution in [0.3, 0.4) is 0 Å². The fourth-order valence-electron chi connectivity index (χ4n) is 2.94. The van der Waals surface area contributed by atoms with Crippen molar-refractivity contribution in [1.82, 2.24) is 0 Å². The van der Waals surface area contributed by atoms with Gasteiger partial charge in [-0.3, -0.25) is 4.79 Å². The van der Waals surface area contributed by atoms with Crippen molar-refractivity contribution in [2.45, 2.75) is 33.1 Å². The lowest BCUT2D eigenvalue weighted by Crippen LogP contribution is -2.35. The summed E-state index contributed by atoms with van der Waals surface area (Å²) in [6, 6.07) is 0. The molecule has 11 heavy (non-hydrogen) atoms. The van der Waals surface area contributed by atoms with Gasteiger partial charge < -0.3 is 5.11 Å². The third-order valence-corrected chi connectivity index (χ3v) is 3.15. The second-order valence-electron chi connectivity index (χ2n) is 4.98. The van der Waals surface area contributed by atoms with Gasteiger partial charge in [-0.2, -0.15) is 0 Å². The van der Waals surface area contributed by atoms with E-state index in [0.717, 1.165) is 19.3 Å². The molecule has 2 aliphatic rings. The van der Waals surface area contributed by atoms with Crippen molar-refractivity contribution in [2.24, 2.45) is 16.7 Å². The van der Waals surface area contributed by atoms with Gasteiger partial charge in [-0.15, -0.1) is 0 Å². The van der Waals surface area contributed by atoms with Crippen LogP contribution in [0.5, 0.6) is 0 Å². The first-order valence-electron chi connectivity index (χ1n) is 4.18. The molecular formula is C9H14O2. The maximum atomic E-state index is 10.6. The fraction of sp³-hybridized carbons (Fsp3) is 0.889. The largest absolute Gasteiger partial charge is 0.481 e. The van der Waals surface area contributed by atoms with E-state index in [1.165, 1.54) is 0 Å². The first kappa shape index (κ1) is 7.14. The van der Waals surface area contributed by atoms with Crippen molar-refractivity contribution < 1.29 is 9.90 Å². The van der Waals surface area contributed by atoms with Crippen molar-refractivity contribution in [3.05, 3.63) is 0 Å². The molecule has 0 aromatic heterocycles. The number of carboxylic acids is 1. The molecule has 0 aromatic carbocycles. The summed E-state index contributed by atoms with van der Waals surface area (Å²) in [7, 11) is 0. The summed E-state index contributed by atoms with van der Waals surface area (Å²) in [5.41, 5.74) is 0.666. The van der Waals surface area contributed by atoms with E-state index < -0.39 is 5.97 Å². The van der Waals surface area contributed by atoms with Crippen LogP contribution < -0.4 is 0 Å². The van der Waals surface area contributed by atoms with E-state index in [4.69, 9.17) is 5.11 Å². The third-order valence-electron chi connectivity index (χ3n) is 3.15. The summed E-state index contributed by atoms with van der Waals surface area (Å²) in [6.07, 6.45) is 3.18. The van der Waals surface area contributed by atoms with Crippen LogP contribution in [-0.2, 0) is 4.79 Å². The summed E-state index contributed by atoms with van der Waals surface area (Å²) >= 11 is 0. The van der Waals surface area contributed by atoms with E-state index in [9.17, 15) is 4.79 Å². The van der Waals surface area contributed by atoms with Crippen LogP contribution >= 0.6 is 0 Å². The van der Waals surface area contributed by atoms with Crippen LogP contribution in [0, 0.1) is 16.7 Å². The second-order valence-corrected chi connectivity index (χ2v) is 4.98. The minimum absolute atomic E-state index is 0.00414. The number of carboxylic acid groups (broad SMARTS) is 1. The fourth-order valence-corrected chi connectivity index (χ4v) is 2.94. The Morgan fingerprint density at radius 3 is 2.27 bits per heavy atom. The van der Waals surface area contributed by atoms with Gasteiger partial charge in [-0.1, -0.05) is 13.8 Å². The van der Waals surface area contributed by atoms with Gasteiger partial charge in [0.15, 0.2) is 0 Å². The maximum absolute atomic E-state index is 10.6. The Morgan fingerprint density at radius 1 is 1.45 bits per heavy atom. The zero-order valence-corrected chi connectivity index (χ0v) is 7.05. The topological polar surface area (TPSA) is 37.3 Å². The molecule has 0 amide bonds. The molecule has 1 spiro atoms. The van der Waals surface area contributed by atoms with E-state index in [1.807, 2.05) is 0 Å². The molecular weight excluding hydrogens is 140 g/mol. The van der Waals surface area contributed by atoms with Gasteiger partial charge in [0.05, 0.1) is 5.92 Å². The predicted molar refractivity (Wildman–Crippen MR) is 41.2 cm³/mol. The minimum Gasteiger partial charge on any atom is -0.481 e. The predicted octanol–water partition coefficient (Wildman–Crippen LogP) is 1.90. The highest BCUT2D eigenvalue weighted by molar-refractivity contribution is 5.75.